The van der Waals surface area contributed by atoms with Gasteiger partial charge in [0.1, 0.15) is 5.69 Å². The van der Waals surface area contributed by atoms with Gasteiger partial charge in [-0.1, -0.05) is 13.3 Å². The summed E-state index contributed by atoms with van der Waals surface area (Å²) >= 11 is 0. The number of nitrogens with one attached hydrogen (secondary N) is 2. The highest BCUT2D eigenvalue weighted by Gasteiger charge is 2.32. The Morgan fingerprint density at radius 2 is 2.04 bits per heavy atom. The number of aryl methyl sites for hydroxylation is 1. The van der Waals surface area contributed by atoms with Crippen LogP contribution in [0.15, 0.2) is 0 Å². The molecule has 1 aromatic rings. The highest BCUT2D eigenvalue weighted by Crippen LogP contribution is 2.26. The van der Waals surface area contributed by atoms with Crippen LogP contribution >= 0.6 is 0 Å². The Morgan fingerprint density at radius 1 is 1.39 bits per heavy atom. The van der Waals surface area contributed by atoms with Gasteiger partial charge in [0, 0.05) is 6.04 Å². The first kappa shape index (κ1) is 16.9. The number of aromatic nitrogens is 2. The van der Waals surface area contributed by atoms with Gasteiger partial charge in [0.2, 0.25) is 5.69 Å². The van der Waals surface area contributed by atoms with Crippen LogP contribution in [-0.4, -0.2) is 38.1 Å². The van der Waals surface area contributed by atoms with Crippen LogP contribution in [0.1, 0.15) is 55.2 Å². The normalized spacial score (nSPS) is 20.9. The molecule has 0 spiro atoms. The molecule has 9 heteroatoms. The van der Waals surface area contributed by atoms with Crippen molar-refractivity contribution in [3.63, 3.8) is 0 Å². The van der Waals surface area contributed by atoms with Crippen molar-refractivity contribution >= 4 is 17.6 Å². The molecular weight excluding hydrogens is 304 g/mol. The lowest BCUT2D eigenvalue weighted by atomic mass is 9.86. The Bertz CT molecular complexity index is 604. The van der Waals surface area contributed by atoms with E-state index in [1.807, 2.05) is 6.92 Å². The van der Waals surface area contributed by atoms with E-state index >= 15 is 0 Å². The maximum Gasteiger partial charge on any atom is 0.322 e. The fraction of sp³-hybridized carbons (Fsp3) is 0.643. The highest BCUT2D eigenvalue weighted by atomic mass is 16.6. The number of H-pyrrole nitrogens is 1. The van der Waals surface area contributed by atoms with Crippen molar-refractivity contribution in [3.8, 4) is 0 Å². The second-order valence-corrected chi connectivity index (χ2v) is 5.77. The maximum absolute atomic E-state index is 12.3. The van der Waals surface area contributed by atoms with Gasteiger partial charge in [0.15, 0.2) is 0 Å². The summed E-state index contributed by atoms with van der Waals surface area (Å²) in [6.07, 6.45) is 3.21. The van der Waals surface area contributed by atoms with Crippen molar-refractivity contribution in [3.05, 3.63) is 21.5 Å². The number of hydrogen-bond acceptors (Lipinski definition) is 5. The first-order valence-corrected chi connectivity index (χ1v) is 7.69. The summed E-state index contributed by atoms with van der Waals surface area (Å²) in [6.45, 7) is 1.88. The van der Waals surface area contributed by atoms with Crippen molar-refractivity contribution in [1.82, 2.24) is 15.5 Å². The number of nitro groups is 1. The molecule has 1 heterocycles. The molecule has 1 aliphatic rings. The molecule has 0 bridgehead atoms. The molecule has 0 radical (unpaired) electrons. The molecule has 0 saturated heterocycles. The van der Waals surface area contributed by atoms with Crippen molar-refractivity contribution in [1.29, 1.82) is 0 Å². The molecule has 23 heavy (non-hydrogen) atoms. The number of nitrogens with zero attached hydrogens (tertiary/aromatic N) is 2. The molecule has 2 rings (SSSR count). The van der Waals surface area contributed by atoms with E-state index in [9.17, 15) is 19.7 Å². The lowest BCUT2D eigenvalue weighted by Crippen LogP contribution is -2.39. The number of amides is 1. The molecule has 0 atom stereocenters. The quantitative estimate of drug-likeness (QED) is 0.537. The monoisotopic (exact) mass is 324 g/mol. The van der Waals surface area contributed by atoms with Crippen LogP contribution < -0.4 is 5.32 Å². The molecule has 0 aromatic carbocycles. The van der Waals surface area contributed by atoms with Gasteiger partial charge in [-0.25, -0.2) is 0 Å². The SMILES string of the molecule is CCCc1[nH]nc(C(=O)NC2CCC(C(=O)O)CC2)c1[N+](=O)[O-]. The molecule has 1 saturated carbocycles. The minimum atomic E-state index is -0.818. The summed E-state index contributed by atoms with van der Waals surface area (Å²) in [5.41, 5.74) is -0.139. The Morgan fingerprint density at radius 3 is 2.57 bits per heavy atom. The summed E-state index contributed by atoms with van der Waals surface area (Å²) in [5, 5.41) is 29.2. The molecule has 3 N–H and O–H groups in total. The lowest BCUT2D eigenvalue weighted by molar-refractivity contribution is -0.385. The fourth-order valence-electron chi connectivity index (χ4n) is 2.89. The predicted molar refractivity (Wildman–Crippen MR) is 80.1 cm³/mol. The molecule has 126 valence electrons. The Labute approximate surface area is 132 Å². The third-order valence-corrected chi connectivity index (χ3v) is 4.12. The Hall–Kier alpha value is -2.45. The van der Waals surface area contributed by atoms with E-state index in [0.29, 0.717) is 44.2 Å². The van der Waals surface area contributed by atoms with Crippen molar-refractivity contribution in [2.45, 2.75) is 51.5 Å². The summed E-state index contributed by atoms with van der Waals surface area (Å²) in [5.74, 6) is -1.78. The average Bonchev–Trinajstić information content (AvgIpc) is 2.92. The highest BCUT2D eigenvalue weighted by molar-refractivity contribution is 5.96. The van der Waals surface area contributed by atoms with E-state index in [0.717, 1.165) is 0 Å². The predicted octanol–water partition coefficient (Wildman–Crippen LogP) is 1.64. The first-order chi connectivity index (χ1) is 10.9. The molecule has 1 aliphatic carbocycles. The van der Waals surface area contributed by atoms with Crippen LogP contribution in [0, 0.1) is 16.0 Å². The number of rotatable bonds is 6. The van der Waals surface area contributed by atoms with Crippen molar-refractivity contribution in [2.24, 2.45) is 5.92 Å². The lowest BCUT2D eigenvalue weighted by Gasteiger charge is -2.26. The molecule has 1 amide bonds. The van der Waals surface area contributed by atoms with E-state index in [-0.39, 0.29) is 23.3 Å². The molecule has 0 unspecified atom stereocenters. The van der Waals surface area contributed by atoms with E-state index in [1.165, 1.54) is 0 Å². The van der Waals surface area contributed by atoms with Crippen molar-refractivity contribution in [2.75, 3.05) is 0 Å². The number of carbonyl (C=O) groups excluding carboxylic acids is 1. The summed E-state index contributed by atoms with van der Waals surface area (Å²) in [7, 11) is 0. The van der Waals surface area contributed by atoms with E-state index in [4.69, 9.17) is 5.11 Å². The second kappa shape index (κ2) is 7.21. The largest absolute Gasteiger partial charge is 0.481 e. The number of hydrogen-bond donors (Lipinski definition) is 3. The fourth-order valence-corrected chi connectivity index (χ4v) is 2.89. The van der Waals surface area contributed by atoms with Crippen LogP contribution in [0.2, 0.25) is 0 Å². The van der Waals surface area contributed by atoms with Gasteiger partial charge in [-0.05, 0) is 32.1 Å². The van der Waals surface area contributed by atoms with Gasteiger partial charge in [-0.3, -0.25) is 24.8 Å². The summed E-state index contributed by atoms with van der Waals surface area (Å²) < 4.78 is 0. The van der Waals surface area contributed by atoms with Crippen LogP contribution in [0.3, 0.4) is 0 Å². The van der Waals surface area contributed by atoms with Gasteiger partial charge in [0.25, 0.3) is 5.91 Å². The van der Waals surface area contributed by atoms with E-state index in [2.05, 4.69) is 15.5 Å². The van der Waals surface area contributed by atoms with Gasteiger partial charge in [-0.2, -0.15) is 5.10 Å². The zero-order valence-electron chi connectivity index (χ0n) is 12.9. The van der Waals surface area contributed by atoms with E-state index < -0.39 is 16.8 Å². The molecule has 0 aliphatic heterocycles. The van der Waals surface area contributed by atoms with Gasteiger partial charge in [0.05, 0.1) is 10.8 Å². The van der Waals surface area contributed by atoms with Crippen LogP contribution in [0.5, 0.6) is 0 Å². The van der Waals surface area contributed by atoms with Crippen LogP contribution in [0.4, 0.5) is 5.69 Å². The van der Waals surface area contributed by atoms with Crippen molar-refractivity contribution < 1.29 is 19.6 Å². The zero-order valence-corrected chi connectivity index (χ0v) is 12.9. The number of aliphatic carboxylic acids is 1. The second-order valence-electron chi connectivity index (χ2n) is 5.77. The van der Waals surface area contributed by atoms with Gasteiger partial charge in [-0.15, -0.1) is 0 Å². The summed E-state index contributed by atoms with van der Waals surface area (Å²) in [4.78, 5) is 33.8. The van der Waals surface area contributed by atoms with Gasteiger partial charge >= 0.3 is 11.7 Å². The number of carboxylic acids is 1. The minimum absolute atomic E-state index is 0.177. The zero-order chi connectivity index (χ0) is 17.0. The molecule has 9 nitrogen and oxygen atoms in total. The van der Waals surface area contributed by atoms with Crippen LogP contribution in [0.25, 0.3) is 0 Å². The number of aromatic amines is 1. The summed E-state index contributed by atoms with van der Waals surface area (Å²) in [6, 6.07) is -0.177. The smallest absolute Gasteiger partial charge is 0.322 e. The third kappa shape index (κ3) is 3.85. The topological polar surface area (TPSA) is 138 Å². The molecule has 1 aromatic heterocycles. The first-order valence-electron chi connectivity index (χ1n) is 7.69. The minimum Gasteiger partial charge on any atom is -0.481 e. The third-order valence-electron chi connectivity index (χ3n) is 4.12. The average molecular weight is 324 g/mol. The standard InChI is InChI=1S/C14H20N4O5/c1-2-3-10-12(18(22)23)11(17-16-10)13(19)15-9-6-4-8(5-7-9)14(20)21/h8-9H,2-7H2,1H3,(H,15,19)(H,16,17)(H,20,21). The number of carbonyl (C=O) groups is 2. The number of carboxylic acid groups (broad SMARTS) is 1. The van der Waals surface area contributed by atoms with Crippen LogP contribution in [-0.2, 0) is 11.2 Å². The molecule has 1 fully saturated rings. The Kier molecular flexibility index (Phi) is 5.30. The van der Waals surface area contributed by atoms with Gasteiger partial charge < -0.3 is 10.4 Å². The maximum atomic E-state index is 12.3. The molecular formula is C14H20N4O5. The van der Waals surface area contributed by atoms with E-state index in [1.54, 1.807) is 0 Å². The Balaban J connectivity index is 2.04.